The van der Waals surface area contributed by atoms with Crippen LogP contribution in [-0.2, 0) is 4.74 Å². The van der Waals surface area contributed by atoms with Crippen molar-refractivity contribution in [2.75, 3.05) is 11.2 Å². The highest BCUT2D eigenvalue weighted by Crippen LogP contribution is 2.17. The number of ether oxygens (including phenoxy) is 1. The molecule has 1 N–H and O–H groups in total. The molecular formula is C14H15ClFNO2. The number of carbonyl (C=O) groups excluding carboxylic acids is 1. The normalized spacial score (nSPS) is 10.4. The molecule has 0 aliphatic carbocycles. The number of carbonyl (C=O) groups is 1. The van der Waals surface area contributed by atoms with Crippen molar-refractivity contribution in [1.82, 2.24) is 0 Å². The first kappa shape index (κ1) is 15.3. The summed E-state index contributed by atoms with van der Waals surface area (Å²) in [7, 11) is 0. The van der Waals surface area contributed by atoms with Crippen molar-refractivity contribution in [1.29, 1.82) is 0 Å². The lowest BCUT2D eigenvalue weighted by atomic mass is 10.2. The molecule has 1 aromatic rings. The van der Waals surface area contributed by atoms with E-state index in [2.05, 4.69) is 17.2 Å². The molecule has 3 nitrogen and oxygen atoms in total. The molecule has 0 unspecified atom stereocenters. The standard InChI is InChI=1S/C14H15ClFNO2/c1-14(2,3)19-13(18)17-12-7-6-10(5-4-8-15)9-11(12)16/h6-7,9H,8H2,1-3H3,(H,17,18). The third-order valence-electron chi connectivity index (χ3n) is 1.90. The molecule has 102 valence electrons. The van der Waals surface area contributed by atoms with Gasteiger partial charge in [-0.15, -0.1) is 11.6 Å². The van der Waals surface area contributed by atoms with Gasteiger partial charge in [0.1, 0.15) is 11.4 Å². The Morgan fingerprint density at radius 3 is 2.68 bits per heavy atom. The van der Waals surface area contributed by atoms with Gasteiger partial charge in [0, 0.05) is 5.56 Å². The Balaban J connectivity index is 2.78. The van der Waals surface area contributed by atoms with Crippen LogP contribution in [0.1, 0.15) is 26.3 Å². The van der Waals surface area contributed by atoms with Gasteiger partial charge in [0.15, 0.2) is 0 Å². The molecule has 5 heteroatoms. The van der Waals surface area contributed by atoms with E-state index < -0.39 is 17.5 Å². The van der Waals surface area contributed by atoms with Crippen molar-refractivity contribution in [3.05, 3.63) is 29.6 Å². The molecule has 0 radical (unpaired) electrons. The molecule has 1 rings (SSSR count). The first-order valence-electron chi connectivity index (χ1n) is 5.66. The summed E-state index contributed by atoms with van der Waals surface area (Å²) in [5.41, 5.74) is -0.0923. The summed E-state index contributed by atoms with van der Waals surface area (Å²) in [4.78, 5) is 11.5. The van der Waals surface area contributed by atoms with Crippen LogP contribution in [0.4, 0.5) is 14.9 Å². The van der Waals surface area contributed by atoms with Gasteiger partial charge in [-0.2, -0.15) is 0 Å². The van der Waals surface area contributed by atoms with Gasteiger partial charge in [-0.3, -0.25) is 5.32 Å². The van der Waals surface area contributed by atoms with E-state index in [0.717, 1.165) is 0 Å². The lowest BCUT2D eigenvalue weighted by Gasteiger charge is -2.19. The van der Waals surface area contributed by atoms with Crippen molar-refractivity contribution >= 4 is 23.4 Å². The zero-order valence-corrected chi connectivity index (χ0v) is 11.8. The van der Waals surface area contributed by atoms with Crippen LogP contribution in [-0.4, -0.2) is 17.6 Å². The zero-order valence-electron chi connectivity index (χ0n) is 11.0. The van der Waals surface area contributed by atoms with E-state index in [1.54, 1.807) is 26.8 Å². The van der Waals surface area contributed by atoms with Gasteiger partial charge in [0.25, 0.3) is 0 Å². The topological polar surface area (TPSA) is 38.3 Å². The molecule has 0 spiro atoms. The Morgan fingerprint density at radius 1 is 1.47 bits per heavy atom. The highest BCUT2D eigenvalue weighted by Gasteiger charge is 2.17. The van der Waals surface area contributed by atoms with E-state index in [4.69, 9.17) is 16.3 Å². The monoisotopic (exact) mass is 283 g/mol. The number of hydrogen-bond acceptors (Lipinski definition) is 2. The molecular weight excluding hydrogens is 269 g/mol. The molecule has 0 saturated heterocycles. The summed E-state index contributed by atoms with van der Waals surface area (Å²) in [6, 6.07) is 4.25. The van der Waals surface area contributed by atoms with Crippen LogP contribution in [0, 0.1) is 17.7 Å². The van der Waals surface area contributed by atoms with Crippen molar-refractivity contribution in [3.8, 4) is 11.8 Å². The predicted molar refractivity (Wildman–Crippen MR) is 73.9 cm³/mol. The Hall–Kier alpha value is -1.73. The van der Waals surface area contributed by atoms with Gasteiger partial charge in [0.05, 0.1) is 11.6 Å². The fraction of sp³-hybridized carbons (Fsp3) is 0.357. The molecule has 0 saturated carbocycles. The van der Waals surface area contributed by atoms with Gasteiger partial charge < -0.3 is 4.74 Å². The van der Waals surface area contributed by atoms with E-state index in [1.807, 2.05) is 0 Å². The van der Waals surface area contributed by atoms with Crippen molar-refractivity contribution in [3.63, 3.8) is 0 Å². The largest absolute Gasteiger partial charge is 0.444 e. The minimum atomic E-state index is -0.703. The van der Waals surface area contributed by atoms with E-state index in [-0.39, 0.29) is 11.6 Å². The summed E-state index contributed by atoms with van der Waals surface area (Å²) in [6.45, 7) is 5.19. The van der Waals surface area contributed by atoms with Crippen LogP contribution in [0.15, 0.2) is 18.2 Å². The zero-order chi connectivity index (χ0) is 14.5. The molecule has 0 fully saturated rings. The molecule has 0 aliphatic rings. The minimum absolute atomic E-state index is 0.0469. The number of anilines is 1. The third kappa shape index (κ3) is 5.62. The van der Waals surface area contributed by atoms with Crippen LogP contribution < -0.4 is 5.32 Å². The minimum Gasteiger partial charge on any atom is -0.444 e. The molecule has 0 aliphatic heterocycles. The fourth-order valence-corrected chi connectivity index (χ4v) is 1.31. The number of hydrogen-bond donors (Lipinski definition) is 1. The Morgan fingerprint density at radius 2 is 2.16 bits per heavy atom. The molecule has 0 heterocycles. The maximum atomic E-state index is 13.7. The average Bonchev–Trinajstić information content (AvgIpc) is 2.27. The van der Waals surface area contributed by atoms with Crippen LogP contribution in [0.25, 0.3) is 0 Å². The van der Waals surface area contributed by atoms with Crippen LogP contribution in [0.2, 0.25) is 0 Å². The van der Waals surface area contributed by atoms with Crippen molar-refractivity contribution in [2.24, 2.45) is 0 Å². The fourth-order valence-electron chi connectivity index (χ4n) is 1.24. The average molecular weight is 284 g/mol. The number of amides is 1. The molecule has 19 heavy (non-hydrogen) atoms. The highest BCUT2D eigenvalue weighted by atomic mass is 35.5. The SMILES string of the molecule is CC(C)(C)OC(=O)Nc1ccc(C#CCCl)cc1F. The second-order valence-electron chi connectivity index (χ2n) is 4.76. The van der Waals surface area contributed by atoms with Crippen molar-refractivity contribution in [2.45, 2.75) is 26.4 Å². The highest BCUT2D eigenvalue weighted by molar-refractivity contribution is 6.19. The number of nitrogens with one attached hydrogen (secondary N) is 1. The number of halogens is 2. The number of benzene rings is 1. The molecule has 0 aromatic heterocycles. The Bertz CT molecular complexity index is 526. The first-order chi connectivity index (χ1) is 8.81. The Kier molecular flexibility index (Phi) is 5.20. The summed E-state index contributed by atoms with van der Waals surface area (Å²) >= 11 is 5.41. The van der Waals surface area contributed by atoms with Crippen LogP contribution in [0.5, 0.6) is 0 Å². The van der Waals surface area contributed by atoms with E-state index in [9.17, 15) is 9.18 Å². The lowest BCUT2D eigenvalue weighted by molar-refractivity contribution is 0.0635. The first-order valence-corrected chi connectivity index (χ1v) is 6.19. The second kappa shape index (κ2) is 6.44. The maximum Gasteiger partial charge on any atom is 0.412 e. The summed E-state index contributed by atoms with van der Waals surface area (Å²) in [5, 5.41) is 2.34. The van der Waals surface area contributed by atoms with E-state index >= 15 is 0 Å². The molecule has 0 atom stereocenters. The van der Waals surface area contributed by atoms with Crippen LogP contribution >= 0.6 is 11.6 Å². The molecule has 1 aromatic carbocycles. The second-order valence-corrected chi connectivity index (χ2v) is 5.02. The van der Waals surface area contributed by atoms with E-state index in [1.165, 1.54) is 12.1 Å². The van der Waals surface area contributed by atoms with Gasteiger partial charge >= 0.3 is 6.09 Å². The third-order valence-corrected chi connectivity index (χ3v) is 2.04. The van der Waals surface area contributed by atoms with Gasteiger partial charge in [0.2, 0.25) is 0 Å². The quantitative estimate of drug-likeness (QED) is 0.629. The van der Waals surface area contributed by atoms with Gasteiger partial charge in [-0.25, -0.2) is 9.18 Å². The van der Waals surface area contributed by atoms with E-state index in [0.29, 0.717) is 5.56 Å². The summed E-state index contributed by atoms with van der Waals surface area (Å²) in [5.74, 6) is 4.91. The smallest absolute Gasteiger partial charge is 0.412 e. The van der Waals surface area contributed by atoms with Gasteiger partial charge in [-0.05, 0) is 39.0 Å². The maximum absolute atomic E-state index is 13.7. The summed E-state index contributed by atoms with van der Waals surface area (Å²) in [6.07, 6.45) is -0.703. The van der Waals surface area contributed by atoms with Gasteiger partial charge in [-0.1, -0.05) is 11.8 Å². The molecule has 1 amide bonds. The predicted octanol–water partition coefficient (Wildman–Crippen LogP) is 3.76. The number of alkyl halides is 1. The summed E-state index contributed by atoms with van der Waals surface area (Å²) < 4.78 is 18.7. The molecule has 0 bridgehead atoms. The van der Waals surface area contributed by atoms with Crippen molar-refractivity contribution < 1.29 is 13.9 Å². The Labute approximate surface area is 117 Å². The number of rotatable bonds is 1. The van der Waals surface area contributed by atoms with Crippen LogP contribution in [0.3, 0.4) is 0 Å². The lowest BCUT2D eigenvalue weighted by Crippen LogP contribution is -2.27.